The molecule has 1 aliphatic rings. The molecule has 100 valence electrons. The fraction of sp³-hybridized carbons (Fsp3) is 0.667. The summed E-state index contributed by atoms with van der Waals surface area (Å²) in [5, 5.41) is 3.99. The zero-order valence-corrected chi connectivity index (χ0v) is 10.5. The van der Waals surface area contributed by atoms with Crippen molar-refractivity contribution in [1.82, 2.24) is 10.6 Å². The number of rotatable bonds is 4. The molecule has 1 aromatic rings. The number of hydroxylamine groups is 1. The smallest absolute Gasteiger partial charge is 0.431 e. The highest BCUT2D eigenvalue weighted by atomic mass is 16.7. The Morgan fingerprint density at radius 2 is 2.22 bits per heavy atom. The molecule has 1 aromatic heterocycles. The molecule has 18 heavy (non-hydrogen) atoms. The number of fused-ring (bicyclic) bond motifs is 1. The highest BCUT2D eigenvalue weighted by molar-refractivity contribution is 5.65. The van der Waals surface area contributed by atoms with Crippen molar-refractivity contribution in [1.29, 1.82) is 0 Å². The van der Waals surface area contributed by atoms with Gasteiger partial charge in [-0.1, -0.05) is 11.6 Å². The highest BCUT2D eigenvalue weighted by Gasteiger charge is 2.18. The standard InChI is InChI=1S/C12H18N2O4/c1-2-16-12(15)14-17-8-10-9-6-4-3-5-7-11(9)18-13-10/h2-8H2,1H3,(H,14,15). The number of hydrogen-bond donors (Lipinski definition) is 1. The average Bonchev–Trinajstić information content (AvgIpc) is 2.60. The van der Waals surface area contributed by atoms with E-state index in [9.17, 15) is 4.79 Å². The van der Waals surface area contributed by atoms with Crippen LogP contribution in [0.15, 0.2) is 4.52 Å². The van der Waals surface area contributed by atoms with Gasteiger partial charge < -0.3 is 9.26 Å². The van der Waals surface area contributed by atoms with Crippen LogP contribution in [-0.4, -0.2) is 17.9 Å². The van der Waals surface area contributed by atoms with E-state index in [1.165, 1.54) is 6.42 Å². The number of amides is 1. The largest absolute Gasteiger partial charge is 0.448 e. The fourth-order valence-corrected chi connectivity index (χ4v) is 2.06. The third-order valence-corrected chi connectivity index (χ3v) is 2.92. The summed E-state index contributed by atoms with van der Waals surface area (Å²) in [5.74, 6) is 0.960. The summed E-state index contributed by atoms with van der Waals surface area (Å²) < 4.78 is 9.97. The number of hydrogen-bond acceptors (Lipinski definition) is 5. The third-order valence-electron chi connectivity index (χ3n) is 2.92. The minimum atomic E-state index is -0.591. The number of aromatic nitrogens is 1. The summed E-state index contributed by atoms with van der Waals surface area (Å²) in [6.45, 7) is 2.25. The predicted octanol–water partition coefficient (Wildman–Crippen LogP) is 2.12. The zero-order chi connectivity index (χ0) is 12.8. The SMILES string of the molecule is CCOC(=O)NOCc1noc2c1CCCCC2. The first-order valence-electron chi connectivity index (χ1n) is 6.32. The molecule has 0 spiro atoms. The number of ether oxygens (including phenoxy) is 1. The van der Waals surface area contributed by atoms with E-state index in [0.29, 0.717) is 6.61 Å². The van der Waals surface area contributed by atoms with E-state index in [4.69, 9.17) is 9.36 Å². The Labute approximate surface area is 106 Å². The molecule has 0 aromatic carbocycles. The van der Waals surface area contributed by atoms with Crippen LogP contribution in [0.5, 0.6) is 0 Å². The molecule has 0 bridgehead atoms. The Balaban J connectivity index is 1.86. The maximum atomic E-state index is 11.0. The molecule has 0 saturated carbocycles. The van der Waals surface area contributed by atoms with Gasteiger partial charge in [0.1, 0.15) is 18.1 Å². The van der Waals surface area contributed by atoms with Gasteiger partial charge in [0.2, 0.25) is 0 Å². The molecule has 6 heteroatoms. The van der Waals surface area contributed by atoms with Crippen molar-refractivity contribution in [2.75, 3.05) is 6.61 Å². The molecule has 6 nitrogen and oxygen atoms in total. The Kier molecular flexibility index (Phi) is 4.58. The van der Waals surface area contributed by atoms with E-state index in [1.54, 1.807) is 6.92 Å². The van der Waals surface area contributed by atoms with Crippen LogP contribution in [0.4, 0.5) is 4.79 Å². The van der Waals surface area contributed by atoms with Gasteiger partial charge in [0.05, 0.1) is 6.61 Å². The van der Waals surface area contributed by atoms with E-state index in [2.05, 4.69) is 15.4 Å². The minimum absolute atomic E-state index is 0.206. The lowest BCUT2D eigenvalue weighted by molar-refractivity contribution is 0.0173. The number of carbonyl (C=O) groups excluding carboxylic acids is 1. The second kappa shape index (κ2) is 6.39. The summed E-state index contributed by atoms with van der Waals surface area (Å²) >= 11 is 0. The highest BCUT2D eigenvalue weighted by Crippen LogP contribution is 2.23. The number of nitrogens with zero attached hydrogens (tertiary/aromatic N) is 1. The average molecular weight is 254 g/mol. The van der Waals surface area contributed by atoms with Gasteiger partial charge in [-0.3, -0.25) is 4.84 Å². The van der Waals surface area contributed by atoms with E-state index < -0.39 is 6.09 Å². The van der Waals surface area contributed by atoms with Gasteiger partial charge in [-0.15, -0.1) is 0 Å². The monoisotopic (exact) mass is 254 g/mol. The van der Waals surface area contributed by atoms with E-state index in [-0.39, 0.29) is 6.61 Å². The lowest BCUT2D eigenvalue weighted by atomic mass is 10.1. The van der Waals surface area contributed by atoms with Crippen molar-refractivity contribution in [3.8, 4) is 0 Å². The van der Waals surface area contributed by atoms with Gasteiger partial charge in [-0.25, -0.2) is 4.79 Å². The van der Waals surface area contributed by atoms with Crippen molar-refractivity contribution < 1.29 is 18.9 Å². The summed E-state index contributed by atoms with van der Waals surface area (Å²) in [4.78, 5) is 16.1. The van der Waals surface area contributed by atoms with Gasteiger partial charge in [-0.05, 0) is 26.2 Å². The second-order valence-corrected chi connectivity index (χ2v) is 4.20. The predicted molar refractivity (Wildman–Crippen MR) is 62.7 cm³/mol. The Morgan fingerprint density at radius 1 is 1.39 bits per heavy atom. The summed E-state index contributed by atoms with van der Waals surface area (Å²) in [5.41, 5.74) is 4.11. The zero-order valence-electron chi connectivity index (χ0n) is 10.5. The van der Waals surface area contributed by atoms with Crippen LogP contribution in [0.25, 0.3) is 0 Å². The van der Waals surface area contributed by atoms with Gasteiger partial charge in [0.25, 0.3) is 0 Å². The molecular weight excluding hydrogens is 236 g/mol. The van der Waals surface area contributed by atoms with Crippen LogP contribution >= 0.6 is 0 Å². The normalized spacial score (nSPS) is 14.7. The number of nitrogens with one attached hydrogen (secondary N) is 1. The van der Waals surface area contributed by atoms with Gasteiger partial charge in [-0.2, -0.15) is 5.48 Å². The van der Waals surface area contributed by atoms with Crippen LogP contribution in [0.3, 0.4) is 0 Å². The molecule has 0 aliphatic heterocycles. The quantitative estimate of drug-likeness (QED) is 0.658. The summed E-state index contributed by atoms with van der Waals surface area (Å²) in [7, 11) is 0. The van der Waals surface area contributed by atoms with Crippen molar-refractivity contribution in [2.24, 2.45) is 0 Å². The Hall–Kier alpha value is -1.56. The van der Waals surface area contributed by atoms with Gasteiger partial charge in [0.15, 0.2) is 0 Å². The molecule has 1 N–H and O–H groups in total. The molecule has 1 amide bonds. The lowest BCUT2D eigenvalue weighted by Crippen LogP contribution is -2.24. The van der Waals surface area contributed by atoms with Crippen LogP contribution in [-0.2, 0) is 29.0 Å². The second-order valence-electron chi connectivity index (χ2n) is 4.20. The molecule has 0 radical (unpaired) electrons. The summed E-state index contributed by atoms with van der Waals surface area (Å²) in [6.07, 6.45) is 4.82. The van der Waals surface area contributed by atoms with Gasteiger partial charge in [0, 0.05) is 12.0 Å². The van der Waals surface area contributed by atoms with Gasteiger partial charge >= 0.3 is 6.09 Å². The van der Waals surface area contributed by atoms with E-state index >= 15 is 0 Å². The third kappa shape index (κ3) is 3.22. The van der Waals surface area contributed by atoms with Crippen LogP contribution in [0.2, 0.25) is 0 Å². The molecule has 1 aliphatic carbocycles. The minimum Gasteiger partial charge on any atom is -0.448 e. The first kappa shape index (κ1) is 12.9. The number of aryl methyl sites for hydroxylation is 1. The molecule has 0 saturated heterocycles. The molecule has 0 unspecified atom stereocenters. The lowest BCUT2D eigenvalue weighted by Gasteiger charge is -2.05. The Bertz CT molecular complexity index is 403. The maximum Gasteiger partial charge on any atom is 0.431 e. The van der Waals surface area contributed by atoms with Crippen molar-refractivity contribution in [3.63, 3.8) is 0 Å². The summed E-state index contributed by atoms with van der Waals surface area (Å²) in [6, 6.07) is 0. The van der Waals surface area contributed by atoms with Crippen LogP contribution in [0.1, 0.15) is 43.2 Å². The van der Waals surface area contributed by atoms with Crippen molar-refractivity contribution >= 4 is 6.09 Å². The van der Waals surface area contributed by atoms with Crippen LogP contribution < -0.4 is 5.48 Å². The molecule has 2 rings (SSSR count). The van der Waals surface area contributed by atoms with E-state index in [0.717, 1.165) is 42.7 Å². The molecule has 0 atom stereocenters. The maximum absolute atomic E-state index is 11.0. The van der Waals surface area contributed by atoms with E-state index in [1.807, 2.05) is 0 Å². The van der Waals surface area contributed by atoms with Crippen LogP contribution in [0, 0.1) is 0 Å². The first-order chi connectivity index (χ1) is 8.81. The topological polar surface area (TPSA) is 73.6 Å². The van der Waals surface area contributed by atoms with Crippen molar-refractivity contribution in [3.05, 3.63) is 17.0 Å². The molecular formula is C12H18N2O4. The van der Waals surface area contributed by atoms with Crippen molar-refractivity contribution in [2.45, 2.75) is 45.6 Å². The molecule has 1 heterocycles. The number of carbonyl (C=O) groups is 1. The fourth-order valence-electron chi connectivity index (χ4n) is 2.06. The Morgan fingerprint density at radius 3 is 3.06 bits per heavy atom. The first-order valence-corrected chi connectivity index (χ1v) is 6.32. The molecule has 0 fully saturated rings.